The van der Waals surface area contributed by atoms with Gasteiger partial charge < -0.3 is 19.5 Å². The van der Waals surface area contributed by atoms with E-state index in [4.69, 9.17) is 16.3 Å². The van der Waals surface area contributed by atoms with Gasteiger partial charge in [0.2, 0.25) is 0 Å². The number of anilines is 1. The Kier molecular flexibility index (Phi) is 18.1. The molecule has 7 nitrogen and oxygen atoms in total. The summed E-state index contributed by atoms with van der Waals surface area (Å²) in [6.07, 6.45) is 8.14. The number of aliphatic hydroxyl groups is 1. The fourth-order valence-electron chi connectivity index (χ4n) is 6.23. The number of nitrogens with one attached hydrogen (secondary N) is 1. The predicted molar refractivity (Wildman–Crippen MR) is 198 cm³/mol. The van der Waals surface area contributed by atoms with Crippen molar-refractivity contribution in [3.05, 3.63) is 70.3 Å². The van der Waals surface area contributed by atoms with Crippen LogP contribution in [0.25, 0.3) is 0 Å². The van der Waals surface area contributed by atoms with Crippen LogP contribution in [0.2, 0.25) is 5.02 Å². The lowest BCUT2D eigenvalue weighted by Crippen LogP contribution is -2.44. The molecule has 2 aromatic rings. The third kappa shape index (κ3) is 11.1. The minimum atomic E-state index is -1.53. The molecule has 264 valence electrons. The minimum Gasteiger partial charge on any atom is -0.491 e. The van der Waals surface area contributed by atoms with Gasteiger partial charge in [-0.1, -0.05) is 77.8 Å². The van der Waals surface area contributed by atoms with Crippen LogP contribution in [0.15, 0.2) is 48.6 Å². The number of carbonyl (C=O) groups is 1. The van der Waals surface area contributed by atoms with E-state index in [0.29, 0.717) is 24.5 Å². The number of allylic oxidation sites excluding steroid dienone is 1. The van der Waals surface area contributed by atoms with Crippen LogP contribution in [0, 0.1) is 17.8 Å². The summed E-state index contributed by atoms with van der Waals surface area (Å²) >= 11 is 6.38. The molecule has 47 heavy (non-hydrogen) atoms. The fourth-order valence-corrected chi connectivity index (χ4v) is 7.44. The maximum atomic E-state index is 13.2. The summed E-state index contributed by atoms with van der Waals surface area (Å²) in [5.74, 6) is 1.13. The average molecular weight is 691 g/mol. The molecule has 0 saturated heterocycles. The van der Waals surface area contributed by atoms with Gasteiger partial charge in [0.1, 0.15) is 16.7 Å². The minimum absolute atomic E-state index is 0.0908. The number of hydrogen-bond acceptors (Lipinski definition) is 6. The molecule has 1 saturated carbocycles. The first kappa shape index (κ1) is 40.8. The number of benzene rings is 2. The molecule has 1 aliphatic carbocycles. The number of rotatable bonds is 3. The van der Waals surface area contributed by atoms with Crippen molar-refractivity contribution in [1.29, 1.82) is 0 Å². The smallest absolute Gasteiger partial charge is 0.263 e. The number of nitrogens with zero attached hydrogens (tertiary/aromatic N) is 1. The van der Waals surface area contributed by atoms with Crippen LogP contribution in [-0.4, -0.2) is 60.5 Å². The normalized spacial score (nSPS) is 27.6. The van der Waals surface area contributed by atoms with Crippen LogP contribution in [0.5, 0.6) is 5.75 Å². The molecule has 1 fully saturated rings. The van der Waals surface area contributed by atoms with Gasteiger partial charge in [0, 0.05) is 43.8 Å². The van der Waals surface area contributed by atoms with Gasteiger partial charge in [-0.2, -0.15) is 0 Å². The van der Waals surface area contributed by atoms with Gasteiger partial charge in [0.05, 0.1) is 23.6 Å². The highest BCUT2D eigenvalue weighted by Gasteiger charge is 2.38. The molecule has 3 aliphatic rings. The van der Waals surface area contributed by atoms with Crippen molar-refractivity contribution in [2.75, 3.05) is 38.8 Å². The molecule has 5 rings (SSSR count). The third-order valence-electron chi connectivity index (χ3n) is 9.05. The Labute approximate surface area is 292 Å². The molecule has 2 N–H and O–H groups in total. The van der Waals surface area contributed by atoms with Gasteiger partial charge in [-0.3, -0.25) is 9.52 Å². The Balaban J connectivity index is 0.00000102. The zero-order chi connectivity index (χ0) is 35.1. The Morgan fingerprint density at radius 3 is 2.40 bits per heavy atom. The van der Waals surface area contributed by atoms with Crippen molar-refractivity contribution in [1.82, 2.24) is 4.72 Å². The molecule has 9 heteroatoms. The number of aryl methyl sites for hydroxylation is 1. The predicted octanol–water partition coefficient (Wildman–Crippen LogP) is 8.36. The Morgan fingerprint density at radius 1 is 1.06 bits per heavy atom. The lowest BCUT2D eigenvalue weighted by atomic mass is 9.70. The zero-order valence-electron chi connectivity index (χ0n) is 30.1. The van der Waals surface area contributed by atoms with Crippen LogP contribution < -0.4 is 14.4 Å². The molecule has 7 atom stereocenters. The highest BCUT2D eigenvalue weighted by molar-refractivity contribution is 7.84. The van der Waals surface area contributed by atoms with E-state index < -0.39 is 17.1 Å². The Morgan fingerprint density at radius 2 is 1.77 bits per heavy atom. The van der Waals surface area contributed by atoms with Crippen molar-refractivity contribution in [3.63, 3.8) is 0 Å². The second kappa shape index (κ2) is 20.9. The van der Waals surface area contributed by atoms with Gasteiger partial charge in [0.15, 0.2) is 0 Å². The number of halogens is 1. The monoisotopic (exact) mass is 690 g/mol. The maximum Gasteiger partial charge on any atom is 0.263 e. The highest BCUT2D eigenvalue weighted by atomic mass is 35.5. The number of fused-ring (bicyclic) bond motifs is 2. The van der Waals surface area contributed by atoms with Crippen LogP contribution in [0.3, 0.4) is 0 Å². The number of hydrogen-bond donors (Lipinski definition) is 2. The first-order valence-corrected chi connectivity index (χ1v) is 19.0. The summed E-state index contributed by atoms with van der Waals surface area (Å²) in [6.45, 7) is 16.1. The summed E-state index contributed by atoms with van der Waals surface area (Å²) in [4.78, 5) is 15.6. The summed E-state index contributed by atoms with van der Waals surface area (Å²) in [6, 6.07) is 11.7. The topological polar surface area (TPSA) is 88.1 Å². The average Bonchev–Trinajstić information content (AvgIpc) is 3.23. The van der Waals surface area contributed by atoms with E-state index in [2.05, 4.69) is 33.4 Å². The number of methoxy groups -OCH3 is 1. The SMILES string of the molecule is CC.CC.CCCc1cc(Cl)ccc1C1COc2ccc3cc2N(C1)CC1CCC1C(O)/C=C/CC(C)C(C)S(=O)NC3=O.COC. The van der Waals surface area contributed by atoms with Crippen molar-refractivity contribution in [2.24, 2.45) is 17.8 Å². The van der Waals surface area contributed by atoms with E-state index in [1.54, 1.807) is 20.3 Å². The quantitative estimate of drug-likeness (QED) is 0.315. The van der Waals surface area contributed by atoms with Gasteiger partial charge in [0.25, 0.3) is 5.91 Å². The largest absolute Gasteiger partial charge is 0.491 e. The lowest BCUT2D eigenvalue weighted by molar-refractivity contribution is 0.0461. The molecule has 7 unspecified atom stereocenters. The van der Waals surface area contributed by atoms with Gasteiger partial charge in [-0.25, -0.2) is 4.21 Å². The first-order valence-electron chi connectivity index (χ1n) is 17.4. The molecular weight excluding hydrogens is 632 g/mol. The van der Waals surface area contributed by atoms with Gasteiger partial charge >= 0.3 is 0 Å². The lowest BCUT2D eigenvalue weighted by Gasteiger charge is -2.42. The van der Waals surface area contributed by atoms with Crippen molar-refractivity contribution in [3.8, 4) is 5.75 Å². The molecule has 2 aromatic carbocycles. The van der Waals surface area contributed by atoms with E-state index in [1.165, 1.54) is 11.1 Å². The maximum absolute atomic E-state index is 13.2. The summed E-state index contributed by atoms with van der Waals surface area (Å²) in [7, 11) is 1.72. The van der Waals surface area contributed by atoms with E-state index in [0.717, 1.165) is 55.2 Å². The van der Waals surface area contributed by atoms with Crippen LogP contribution in [0.4, 0.5) is 5.69 Å². The number of amides is 1. The Bertz CT molecular complexity index is 1300. The fraction of sp³-hybridized carbons (Fsp3) is 0.605. The molecule has 1 amide bonds. The van der Waals surface area contributed by atoms with Crippen LogP contribution >= 0.6 is 11.6 Å². The van der Waals surface area contributed by atoms with E-state index >= 15 is 0 Å². The van der Waals surface area contributed by atoms with Crippen LogP contribution in [-0.2, 0) is 22.1 Å². The first-order chi connectivity index (χ1) is 22.7. The molecular formula is C38H59ClN2O5S. The number of ether oxygens (including phenoxy) is 2. The Hall–Kier alpha value is -2.39. The molecule has 0 radical (unpaired) electrons. The van der Waals surface area contributed by atoms with E-state index in [9.17, 15) is 14.1 Å². The molecule has 2 heterocycles. The standard InChI is InChI=1S/C32H41ClN2O4S.C2H6O.2C2H6/c1-4-6-22-15-26(33)11-13-27(22)25-18-35-17-24-9-12-28(24)30(36)8-5-7-20(2)21(3)40(38)34-32(37)23-10-14-31(39-19-25)29(35)16-23;1-3-2;2*1-2/h5,8,10-11,13-16,20-21,24-25,28,30,36H,4,6-7,9,12,17-19H2,1-3H3,(H,34,37);1-2H3;2*1-2H3/b8-5+;;;. The second-order valence-corrected chi connectivity index (χ2v) is 14.1. The zero-order valence-corrected chi connectivity index (χ0v) is 31.6. The summed E-state index contributed by atoms with van der Waals surface area (Å²) in [5.41, 5.74) is 3.83. The van der Waals surface area contributed by atoms with Crippen molar-refractivity contribution >= 4 is 34.2 Å². The molecule has 0 aromatic heterocycles. The molecule has 2 bridgehead atoms. The molecule has 0 spiro atoms. The number of carbonyl (C=O) groups excluding carboxylic acids is 1. The second-order valence-electron chi connectivity index (χ2n) is 12.2. The van der Waals surface area contributed by atoms with Crippen molar-refractivity contribution in [2.45, 2.75) is 97.8 Å². The third-order valence-corrected chi connectivity index (χ3v) is 10.8. The summed E-state index contributed by atoms with van der Waals surface area (Å²) in [5, 5.41) is 11.6. The van der Waals surface area contributed by atoms with E-state index in [1.807, 2.05) is 71.9 Å². The summed E-state index contributed by atoms with van der Waals surface area (Å²) < 4.78 is 26.4. The van der Waals surface area contributed by atoms with Gasteiger partial charge in [-0.05, 0) is 91.8 Å². The number of aliphatic hydroxyl groups excluding tert-OH is 1. The highest BCUT2D eigenvalue weighted by Crippen LogP contribution is 2.42. The van der Waals surface area contributed by atoms with Gasteiger partial charge in [-0.15, -0.1) is 0 Å². The van der Waals surface area contributed by atoms with Crippen LogP contribution in [0.1, 0.15) is 102 Å². The molecule has 2 aliphatic heterocycles. The van der Waals surface area contributed by atoms with E-state index in [-0.39, 0.29) is 28.9 Å². The van der Waals surface area contributed by atoms with Crippen molar-refractivity contribution < 1.29 is 23.6 Å².